The summed E-state index contributed by atoms with van der Waals surface area (Å²) in [5.74, 6) is -0.0302. The van der Waals surface area contributed by atoms with Crippen LogP contribution < -0.4 is 5.56 Å². The molecule has 3 aromatic rings. The smallest absolute Gasteiger partial charge is 0.251 e. The molecule has 160 valence electrons. The van der Waals surface area contributed by atoms with E-state index in [4.69, 9.17) is 4.74 Å². The molecule has 0 radical (unpaired) electrons. The number of ketones is 1. The van der Waals surface area contributed by atoms with Crippen LogP contribution in [-0.2, 0) is 17.7 Å². The molecule has 0 atom stereocenters. The molecular weight excluding hydrogens is 461 g/mol. The van der Waals surface area contributed by atoms with E-state index in [1.807, 2.05) is 30.3 Å². The van der Waals surface area contributed by atoms with Gasteiger partial charge in [-0.25, -0.2) is 4.39 Å². The van der Waals surface area contributed by atoms with Gasteiger partial charge in [-0.05, 0) is 47.6 Å². The molecule has 2 aromatic carbocycles. The van der Waals surface area contributed by atoms with Crippen LogP contribution in [-0.4, -0.2) is 23.6 Å². The molecule has 1 aromatic heterocycles. The number of hydrogen-bond acceptors (Lipinski definition) is 3. The lowest BCUT2D eigenvalue weighted by molar-refractivity contribution is 0.0738. The van der Waals surface area contributed by atoms with Crippen LogP contribution in [0.1, 0.15) is 39.9 Å². The Labute approximate surface area is 188 Å². The van der Waals surface area contributed by atoms with Crippen LogP contribution in [0, 0.1) is 11.7 Å². The molecule has 1 aliphatic carbocycles. The van der Waals surface area contributed by atoms with Crippen molar-refractivity contribution in [1.82, 2.24) is 4.57 Å². The topological polar surface area (TPSA) is 48.3 Å². The average molecular weight is 484 g/mol. The Balaban J connectivity index is 1.64. The van der Waals surface area contributed by atoms with Crippen molar-refractivity contribution < 1.29 is 13.9 Å². The fourth-order valence-corrected chi connectivity index (χ4v) is 3.80. The number of rotatable bonds is 9. The molecule has 4 rings (SSSR count). The van der Waals surface area contributed by atoms with E-state index in [0.717, 1.165) is 18.4 Å². The van der Waals surface area contributed by atoms with Gasteiger partial charge in [-0.1, -0.05) is 52.3 Å². The molecule has 0 aliphatic heterocycles. The van der Waals surface area contributed by atoms with Crippen molar-refractivity contribution in [3.8, 4) is 0 Å². The monoisotopic (exact) mass is 483 g/mol. The van der Waals surface area contributed by atoms with Gasteiger partial charge in [0.15, 0.2) is 5.78 Å². The molecule has 0 unspecified atom stereocenters. The minimum Gasteiger partial charge on any atom is -0.373 e. The number of halogens is 2. The predicted molar refractivity (Wildman–Crippen MR) is 121 cm³/mol. The lowest BCUT2D eigenvalue weighted by Crippen LogP contribution is -2.24. The summed E-state index contributed by atoms with van der Waals surface area (Å²) in [5, 5.41) is 0. The van der Waals surface area contributed by atoms with E-state index in [2.05, 4.69) is 15.9 Å². The third kappa shape index (κ3) is 5.77. The van der Waals surface area contributed by atoms with E-state index in [9.17, 15) is 14.0 Å². The Bertz CT molecular complexity index is 1140. The van der Waals surface area contributed by atoms with Crippen LogP contribution in [0.4, 0.5) is 4.39 Å². The normalized spacial score (nSPS) is 13.4. The summed E-state index contributed by atoms with van der Waals surface area (Å²) in [5.41, 5.74) is 2.06. The van der Waals surface area contributed by atoms with Gasteiger partial charge in [0, 0.05) is 28.7 Å². The molecule has 1 saturated carbocycles. The third-order valence-corrected chi connectivity index (χ3v) is 5.88. The molecule has 0 saturated heterocycles. The first-order valence-electron chi connectivity index (χ1n) is 10.3. The molecule has 6 heteroatoms. The number of nitrogens with zero attached hydrogens (tertiary/aromatic N) is 1. The van der Waals surface area contributed by atoms with Crippen LogP contribution in [0.2, 0.25) is 0 Å². The Morgan fingerprint density at radius 1 is 1.10 bits per heavy atom. The zero-order valence-corrected chi connectivity index (χ0v) is 18.6. The predicted octanol–water partition coefficient (Wildman–Crippen LogP) is 5.00. The van der Waals surface area contributed by atoms with Gasteiger partial charge in [-0.15, -0.1) is 0 Å². The molecule has 4 nitrogen and oxygen atoms in total. The number of benzene rings is 2. The first kappa shape index (κ1) is 21.7. The van der Waals surface area contributed by atoms with Gasteiger partial charge < -0.3 is 9.30 Å². The van der Waals surface area contributed by atoms with Gasteiger partial charge in [0.05, 0.1) is 13.2 Å². The van der Waals surface area contributed by atoms with E-state index >= 15 is 0 Å². The van der Waals surface area contributed by atoms with Crippen molar-refractivity contribution in [3.05, 3.63) is 104 Å². The maximum absolute atomic E-state index is 14.4. The number of Topliss-reactive ketones (excluding diaryl/α,β-unsaturated/α-hetero) is 1. The zero-order chi connectivity index (χ0) is 21.8. The maximum Gasteiger partial charge on any atom is 0.251 e. The van der Waals surface area contributed by atoms with Crippen LogP contribution >= 0.6 is 15.9 Å². The van der Waals surface area contributed by atoms with Gasteiger partial charge in [0.25, 0.3) is 5.56 Å². The van der Waals surface area contributed by atoms with Crippen molar-refractivity contribution in [2.75, 3.05) is 13.2 Å². The SMILES string of the molecule is O=C(COCC1CC1)c1cn(Cc2ccccc2)c(=O)cc1Cc1ccc(Br)cc1F. The summed E-state index contributed by atoms with van der Waals surface area (Å²) in [6, 6.07) is 15.8. The molecule has 0 N–H and O–H groups in total. The van der Waals surface area contributed by atoms with Crippen molar-refractivity contribution in [2.45, 2.75) is 25.8 Å². The van der Waals surface area contributed by atoms with Crippen LogP contribution in [0.3, 0.4) is 0 Å². The number of ether oxygens (including phenoxy) is 1. The Morgan fingerprint density at radius 2 is 1.87 bits per heavy atom. The van der Waals surface area contributed by atoms with Crippen molar-refractivity contribution in [3.63, 3.8) is 0 Å². The lowest BCUT2D eigenvalue weighted by Gasteiger charge is -2.14. The summed E-state index contributed by atoms with van der Waals surface area (Å²) in [6.07, 6.45) is 4.03. The quantitative estimate of drug-likeness (QED) is 0.402. The second-order valence-electron chi connectivity index (χ2n) is 7.96. The minimum absolute atomic E-state index is 0.0458. The summed E-state index contributed by atoms with van der Waals surface area (Å²) in [4.78, 5) is 25.8. The van der Waals surface area contributed by atoms with Crippen molar-refractivity contribution in [1.29, 1.82) is 0 Å². The fraction of sp³-hybridized carbons (Fsp3) is 0.280. The summed E-state index contributed by atoms with van der Waals surface area (Å²) in [6.45, 7) is 0.887. The second-order valence-corrected chi connectivity index (χ2v) is 8.87. The summed E-state index contributed by atoms with van der Waals surface area (Å²) < 4.78 is 22.2. The number of carbonyl (C=O) groups excluding carboxylic acids is 1. The number of aromatic nitrogens is 1. The molecule has 1 fully saturated rings. The average Bonchev–Trinajstić information content (AvgIpc) is 3.57. The molecular formula is C25H23BrFNO3. The Hall–Kier alpha value is -2.57. The molecule has 1 heterocycles. The van der Waals surface area contributed by atoms with Gasteiger partial charge in [0.1, 0.15) is 12.4 Å². The highest BCUT2D eigenvalue weighted by molar-refractivity contribution is 9.10. The van der Waals surface area contributed by atoms with E-state index in [1.54, 1.807) is 18.3 Å². The molecule has 0 bridgehead atoms. The standard InChI is InChI=1S/C25H23BrFNO3/c26-21-9-8-19(23(27)12-21)10-20-11-25(30)28(13-17-4-2-1-3-5-17)14-22(20)24(29)16-31-15-18-6-7-18/h1-5,8-9,11-12,14,18H,6-7,10,13,15-16H2. The molecule has 1 aliphatic rings. The highest BCUT2D eigenvalue weighted by Gasteiger charge is 2.22. The molecule has 0 spiro atoms. The van der Waals surface area contributed by atoms with E-state index in [-0.39, 0.29) is 30.2 Å². The highest BCUT2D eigenvalue weighted by Crippen LogP contribution is 2.29. The number of carbonyl (C=O) groups is 1. The Morgan fingerprint density at radius 3 is 2.58 bits per heavy atom. The van der Waals surface area contributed by atoms with Crippen LogP contribution in [0.15, 0.2) is 70.1 Å². The lowest BCUT2D eigenvalue weighted by atomic mass is 9.98. The van der Waals surface area contributed by atoms with Crippen molar-refractivity contribution >= 4 is 21.7 Å². The van der Waals surface area contributed by atoms with E-state index < -0.39 is 0 Å². The second kappa shape index (κ2) is 9.71. The first-order chi connectivity index (χ1) is 15.0. The van der Waals surface area contributed by atoms with Gasteiger partial charge in [0.2, 0.25) is 0 Å². The zero-order valence-electron chi connectivity index (χ0n) is 17.0. The molecule has 0 amide bonds. The summed E-state index contributed by atoms with van der Waals surface area (Å²) >= 11 is 3.25. The largest absolute Gasteiger partial charge is 0.373 e. The highest BCUT2D eigenvalue weighted by atomic mass is 79.9. The van der Waals surface area contributed by atoms with Crippen molar-refractivity contribution in [2.24, 2.45) is 5.92 Å². The molecule has 31 heavy (non-hydrogen) atoms. The first-order valence-corrected chi connectivity index (χ1v) is 11.1. The van der Waals surface area contributed by atoms with Gasteiger partial charge >= 0.3 is 0 Å². The fourth-order valence-electron chi connectivity index (χ4n) is 3.46. The van der Waals surface area contributed by atoms with Crippen LogP contribution in [0.25, 0.3) is 0 Å². The maximum atomic E-state index is 14.4. The minimum atomic E-state index is -0.383. The Kier molecular flexibility index (Phi) is 6.78. The van der Waals surface area contributed by atoms with E-state index in [0.29, 0.717) is 40.2 Å². The van der Waals surface area contributed by atoms with Crippen LogP contribution in [0.5, 0.6) is 0 Å². The van der Waals surface area contributed by atoms with Gasteiger partial charge in [-0.3, -0.25) is 9.59 Å². The summed E-state index contributed by atoms with van der Waals surface area (Å²) in [7, 11) is 0. The van der Waals surface area contributed by atoms with E-state index in [1.165, 1.54) is 16.7 Å². The van der Waals surface area contributed by atoms with Gasteiger partial charge in [-0.2, -0.15) is 0 Å². The number of pyridine rings is 1. The third-order valence-electron chi connectivity index (χ3n) is 5.39. The number of hydrogen-bond donors (Lipinski definition) is 0.